The van der Waals surface area contributed by atoms with Gasteiger partial charge in [-0.15, -0.1) is 0 Å². The fourth-order valence-electron chi connectivity index (χ4n) is 3.48. The Labute approximate surface area is 109 Å². The molecule has 2 atom stereocenters. The van der Waals surface area contributed by atoms with Gasteiger partial charge in [-0.25, -0.2) is 0 Å². The first-order valence-electron chi connectivity index (χ1n) is 7.12. The fraction of sp³-hybridized carbons (Fsp3) is 0.562. The molecule has 1 saturated heterocycles. The van der Waals surface area contributed by atoms with Gasteiger partial charge in [0, 0.05) is 32.0 Å². The first-order chi connectivity index (χ1) is 8.83. The van der Waals surface area contributed by atoms with E-state index in [1.165, 1.54) is 18.4 Å². The van der Waals surface area contributed by atoms with E-state index in [9.17, 15) is 4.79 Å². The van der Waals surface area contributed by atoms with Crippen LogP contribution < -0.4 is 0 Å². The zero-order chi connectivity index (χ0) is 12.4. The average molecular weight is 243 g/mol. The summed E-state index contributed by atoms with van der Waals surface area (Å²) >= 11 is 0. The van der Waals surface area contributed by atoms with Gasteiger partial charge in [0.15, 0.2) is 0 Å². The van der Waals surface area contributed by atoms with Crippen molar-refractivity contribution < 1.29 is 4.79 Å². The molecular weight excluding hydrogens is 222 g/mol. The number of likely N-dealkylation sites (tertiary alicyclic amines) is 1. The van der Waals surface area contributed by atoms with Crippen molar-refractivity contribution in [3.05, 3.63) is 35.9 Å². The Morgan fingerprint density at radius 3 is 2.78 bits per heavy atom. The quantitative estimate of drug-likeness (QED) is 0.796. The molecule has 0 radical (unpaired) electrons. The number of Topliss-reactive ketones (excluding diaryl/α,β-unsaturated/α-hetero) is 1. The second-order valence-corrected chi connectivity index (χ2v) is 5.76. The van der Waals surface area contributed by atoms with E-state index in [1.54, 1.807) is 0 Å². The number of fused-ring (bicyclic) bond motifs is 1. The van der Waals surface area contributed by atoms with E-state index in [-0.39, 0.29) is 0 Å². The number of carbonyl (C=O) groups excluding carboxylic acids is 1. The van der Waals surface area contributed by atoms with Crippen molar-refractivity contribution in [2.45, 2.75) is 32.2 Å². The van der Waals surface area contributed by atoms with Crippen LogP contribution in [0.3, 0.4) is 0 Å². The molecule has 0 amide bonds. The zero-order valence-corrected chi connectivity index (χ0v) is 10.8. The van der Waals surface area contributed by atoms with Crippen molar-refractivity contribution in [2.75, 3.05) is 13.1 Å². The maximum absolute atomic E-state index is 12.1. The Kier molecular flexibility index (Phi) is 3.46. The standard InChI is InChI=1S/C16H21NO/c18-16-9-5-4-8-14-11-17(12-15(14)16)10-13-6-2-1-3-7-13/h1-3,6-7,14-15H,4-5,8-12H2/t14-,15-/m1/s1. The number of benzene rings is 1. The van der Waals surface area contributed by atoms with Crippen LogP contribution in [0, 0.1) is 11.8 Å². The average Bonchev–Trinajstić information content (AvgIpc) is 2.71. The summed E-state index contributed by atoms with van der Waals surface area (Å²) in [7, 11) is 0. The van der Waals surface area contributed by atoms with E-state index in [4.69, 9.17) is 0 Å². The Morgan fingerprint density at radius 1 is 1.11 bits per heavy atom. The summed E-state index contributed by atoms with van der Waals surface area (Å²) in [5.74, 6) is 1.48. The van der Waals surface area contributed by atoms with Gasteiger partial charge in [-0.1, -0.05) is 36.8 Å². The van der Waals surface area contributed by atoms with Gasteiger partial charge in [0.25, 0.3) is 0 Å². The molecule has 2 nitrogen and oxygen atoms in total. The lowest BCUT2D eigenvalue weighted by Crippen LogP contribution is -2.23. The van der Waals surface area contributed by atoms with Gasteiger partial charge in [-0.05, 0) is 24.3 Å². The van der Waals surface area contributed by atoms with Crippen molar-refractivity contribution in [2.24, 2.45) is 11.8 Å². The predicted molar refractivity (Wildman–Crippen MR) is 72.2 cm³/mol. The summed E-state index contributed by atoms with van der Waals surface area (Å²) in [5, 5.41) is 0. The van der Waals surface area contributed by atoms with E-state index in [1.807, 2.05) is 0 Å². The van der Waals surface area contributed by atoms with E-state index in [0.717, 1.165) is 32.5 Å². The summed E-state index contributed by atoms with van der Waals surface area (Å²) in [6.45, 7) is 3.10. The van der Waals surface area contributed by atoms with Crippen LogP contribution in [0.4, 0.5) is 0 Å². The maximum atomic E-state index is 12.1. The molecule has 1 aromatic carbocycles. The molecule has 2 heteroatoms. The second-order valence-electron chi connectivity index (χ2n) is 5.76. The van der Waals surface area contributed by atoms with Gasteiger partial charge in [0.05, 0.1) is 0 Å². The highest BCUT2D eigenvalue weighted by Crippen LogP contribution is 2.33. The first-order valence-corrected chi connectivity index (χ1v) is 7.12. The number of rotatable bonds is 2. The number of ketones is 1. The van der Waals surface area contributed by atoms with Crippen LogP contribution in [-0.2, 0) is 11.3 Å². The minimum Gasteiger partial charge on any atom is -0.299 e. The normalized spacial score (nSPS) is 29.0. The first kappa shape index (κ1) is 11.9. The number of hydrogen-bond acceptors (Lipinski definition) is 2. The molecule has 1 aliphatic carbocycles. The zero-order valence-electron chi connectivity index (χ0n) is 10.8. The van der Waals surface area contributed by atoms with Gasteiger partial charge >= 0.3 is 0 Å². The Balaban J connectivity index is 1.66. The lowest BCUT2D eigenvalue weighted by Gasteiger charge is -2.16. The molecule has 96 valence electrons. The molecule has 0 bridgehead atoms. The molecule has 2 fully saturated rings. The maximum Gasteiger partial charge on any atom is 0.137 e. The van der Waals surface area contributed by atoms with Gasteiger partial charge in [0.2, 0.25) is 0 Å². The van der Waals surface area contributed by atoms with Crippen molar-refractivity contribution in [3.8, 4) is 0 Å². The van der Waals surface area contributed by atoms with Gasteiger partial charge < -0.3 is 0 Å². The third kappa shape index (κ3) is 2.49. The molecule has 1 heterocycles. The molecule has 0 aromatic heterocycles. The van der Waals surface area contributed by atoms with E-state index < -0.39 is 0 Å². The van der Waals surface area contributed by atoms with E-state index in [2.05, 4.69) is 35.2 Å². The lowest BCUT2D eigenvalue weighted by molar-refractivity contribution is -0.123. The monoisotopic (exact) mass is 243 g/mol. The van der Waals surface area contributed by atoms with Gasteiger partial charge in [0.1, 0.15) is 5.78 Å². The Morgan fingerprint density at radius 2 is 1.94 bits per heavy atom. The summed E-state index contributed by atoms with van der Waals surface area (Å²) in [6.07, 6.45) is 4.43. The van der Waals surface area contributed by atoms with E-state index in [0.29, 0.717) is 17.6 Å². The molecule has 0 N–H and O–H groups in total. The third-order valence-corrected chi connectivity index (χ3v) is 4.43. The Hall–Kier alpha value is -1.15. The fourth-order valence-corrected chi connectivity index (χ4v) is 3.48. The third-order valence-electron chi connectivity index (χ3n) is 4.43. The highest BCUT2D eigenvalue weighted by molar-refractivity contribution is 5.82. The molecule has 1 saturated carbocycles. The molecule has 3 rings (SSSR count). The number of hydrogen-bond donors (Lipinski definition) is 0. The van der Waals surface area contributed by atoms with Crippen LogP contribution in [-0.4, -0.2) is 23.8 Å². The number of carbonyl (C=O) groups is 1. The number of nitrogens with zero attached hydrogens (tertiary/aromatic N) is 1. The van der Waals surface area contributed by atoms with Gasteiger partial charge in [-0.2, -0.15) is 0 Å². The topological polar surface area (TPSA) is 20.3 Å². The predicted octanol–water partition coefficient (Wildman–Crippen LogP) is 2.88. The largest absolute Gasteiger partial charge is 0.299 e. The smallest absolute Gasteiger partial charge is 0.137 e. The molecule has 0 unspecified atom stereocenters. The van der Waals surface area contributed by atoms with Crippen molar-refractivity contribution >= 4 is 5.78 Å². The van der Waals surface area contributed by atoms with Crippen molar-refractivity contribution in [1.29, 1.82) is 0 Å². The molecule has 1 aliphatic heterocycles. The highest BCUT2D eigenvalue weighted by Gasteiger charge is 2.37. The molecule has 18 heavy (non-hydrogen) atoms. The van der Waals surface area contributed by atoms with E-state index >= 15 is 0 Å². The summed E-state index contributed by atoms with van der Waals surface area (Å²) in [5.41, 5.74) is 1.36. The minimum atomic E-state index is 0.330. The van der Waals surface area contributed by atoms with Crippen LogP contribution in [0.25, 0.3) is 0 Å². The molecule has 1 aromatic rings. The minimum absolute atomic E-state index is 0.330. The van der Waals surface area contributed by atoms with Crippen molar-refractivity contribution in [3.63, 3.8) is 0 Å². The molecule has 0 spiro atoms. The van der Waals surface area contributed by atoms with Crippen LogP contribution in [0.2, 0.25) is 0 Å². The van der Waals surface area contributed by atoms with Gasteiger partial charge in [-0.3, -0.25) is 9.69 Å². The second kappa shape index (κ2) is 5.23. The SMILES string of the molecule is O=C1CCCC[C@@H]2CN(Cc3ccccc3)C[C@@H]12. The van der Waals surface area contributed by atoms with Crippen LogP contribution in [0.15, 0.2) is 30.3 Å². The van der Waals surface area contributed by atoms with Crippen LogP contribution >= 0.6 is 0 Å². The lowest BCUT2D eigenvalue weighted by atomic mass is 9.91. The summed E-state index contributed by atoms with van der Waals surface area (Å²) in [4.78, 5) is 14.5. The summed E-state index contributed by atoms with van der Waals surface area (Å²) < 4.78 is 0. The van der Waals surface area contributed by atoms with Crippen molar-refractivity contribution in [1.82, 2.24) is 4.90 Å². The molecule has 2 aliphatic rings. The molecular formula is C16H21NO. The van der Waals surface area contributed by atoms with Crippen LogP contribution in [0.5, 0.6) is 0 Å². The highest BCUT2D eigenvalue weighted by atomic mass is 16.1. The summed E-state index contributed by atoms with van der Waals surface area (Å²) in [6, 6.07) is 10.6. The van der Waals surface area contributed by atoms with Crippen LogP contribution in [0.1, 0.15) is 31.2 Å². The Bertz CT molecular complexity index is 414.